The molecule has 2 aromatic carbocycles. The molecule has 0 atom stereocenters. The van der Waals surface area contributed by atoms with E-state index in [2.05, 4.69) is 15.9 Å². The van der Waals surface area contributed by atoms with E-state index in [1.807, 2.05) is 0 Å². The number of phenolic OH excluding ortho intramolecular Hbond substituents is 1. The molecule has 0 heterocycles. The highest BCUT2D eigenvalue weighted by atomic mass is 79.9. The summed E-state index contributed by atoms with van der Waals surface area (Å²) in [5.41, 5.74) is 0.382. The fourth-order valence-corrected chi connectivity index (χ4v) is 2.35. The molecule has 0 saturated heterocycles. The molecule has 0 aliphatic carbocycles. The Hall–Kier alpha value is -1.65. The third kappa shape index (κ3) is 3.26. The molecule has 0 fully saturated rings. The first kappa shape index (κ1) is 14.8. The van der Waals surface area contributed by atoms with E-state index in [4.69, 9.17) is 11.6 Å². The molecule has 2 nitrogen and oxygen atoms in total. The summed E-state index contributed by atoms with van der Waals surface area (Å²) in [6, 6.07) is 8.84. The quantitative estimate of drug-likeness (QED) is 0.631. The van der Waals surface area contributed by atoms with Crippen LogP contribution in [0, 0.1) is 5.82 Å². The summed E-state index contributed by atoms with van der Waals surface area (Å²) in [7, 11) is 0. The first-order valence-corrected chi connectivity index (χ1v) is 6.81. The second kappa shape index (κ2) is 6.20. The molecule has 0 spiro atoms. The summed E-state index contributed by atoms with van der Waals surface area (Å²) in [4.78, 5) is 12.0. The molecule has 5 heteroatoms. The number of phenols is 1. The number of ketones is 1. The second-order valence-electron chi connectivity index (χ2n) is 4.00. The van der Waals surface area contributed by atoms with Gasteiger partial charge in [-0.1, -0.05) is 23.7 Å². The summed E-state index contributed by atoms with van der Waals surface area (Å²) in [5, 5.41) is 9.96. The monoisotopic (exact) mass is 354 g/mol. The Morgan fingerprint density at radius 1 is 1.30 bits per heavy atom. The van der Waals surface area contributed by atoms with Crippen LogP contribution in [0.1, 0.15) is 15.9 Å². The third-order valence-corrected chi connectivity index (χ3v) is 3.51. The molecule has 2 aromatic rings. The number of benzene rings is 2. The lowest BCUT2D eigenvalue weighted by Crippen LogP contribution is -1.96. The normalized spacial score (nSPS) is 10.9. The Kier molecular flexibility index (Phi) is 4.57. The SMILES string of the molecule is O=C(/C=C/c1ccc(Cl)cc1F)c1c(O)cccc1Br. The minimum Gasteiger partial charge on any atom is -0.507 e. The predicted octanol–water partition coefficient (Wildman–Crippen LogP) is 4.84. The number of hydrogen-bond acceptors (Lipinski definition) is 2. The smallest absolute Gasteiger partial charge is 0.190 e. The van der Waals surface area contributed by atoms with Crippen molar-refractivity contribution in [2.45, 2.75) is 0 Å². The maximum atomic E-state index is 13.6. The van der Waals surface area contributed by atoms with Gasteiger partial charge >= 0.3 is 0 Å². The van der Waals surface area contributed by atoms with Crippen LogP contribution in [0.4, 0.5) is 4.39 Å². The standard InChI is InChI=1S/C15H9BrClFO2/c16-11-2-1-3-13(19)15(11)14(20)7-5-9-4-6-10(17)8-12(9)18/h1-8,19H/b7-5+. The number of rotatable bonds is 3. The molecular weight excluding hydrogens is 347 g/mol. The van der Waals surface area contributed by atoms with Crippen molar-refractivity contribution in [3.63, 3.8) is 0 Å². The van der Waals surface area contributed by atoms with Gasteiger partial charge in [0.15, 0.2) is 5.78 Å². The van der Waals surface area contributed by atoms with Crippen LogP contribution >= 0.6 is 27.5 Å². The fraction of sp³-hybridized carbons (Fsp3) is 0. The van der Waals surface area contributed by atoms with E-state index in [0.717, 1.165) is 0 Å². The zero-order chi connectivity index (χ0) is 14.7. The lowest BCUT2D eigenvalue weighted by atomic mass is 10.1. The topological polar surface area (TPSA) is 37.3 Å². The molecule has 102 valence electrons. The number of carbonyl (C=O) groups excluding carboxylic acids is 1. The van der Waals surface area contributed by atoms with Crippen LogP contribution in [0.3, 0.4) is 0 Å². The summed E-state index contributed by atoms with van der Waals surface area (Å²) >= 11 is 8.84. The Bertz CT molecular complexity index is 678. The minimum atomic E-state index is -0.516. The molecule has 0 saturated carbocycles. The zero-order valence-electron chi connectivity index (χ0n) is 10.1. The average Bonchev–Trinajstić information content (AvgIpc) is 2.37. The van der Waals surface area contributed by atoms with E-state index in [-0.39, 0.29) is 21.9 Å². The van der Waals surface area contributed by atoms with E-state index < -0.39 is 11.6 Å². The van der Waals surface area contributed by atoms with Crippen LogP contribution in [0.5, 0.6) is 5.75 Å². The Balaban J connectivity index is 2.30. The molecule has 0 aliphatic heterocycles. The van der Waals surface area contributed by atoms with Gasteiger partial charge in [0.05, 0.1) is 5.56 Å². The van der Waals surface area contributed by atoms with Gasteiger partial charge < -0.3 is 5.11 Å². The van der Waals surface area contributed by atoms with E-state index >= 15 is 0 Å². The Labute approximate surface area is 128 Å². The van der Waals surface area contributed by atoms with Gasteiger partial charge in [0.2, 0.25) is 0 Å². The van der Waals surface area contributed by atoms with E-state index in [1.54, 1.807) is 12.1 Å². The summed E-state index contributed by atoms with van der Waals surface area (Å²) in [6.07, 6.45) is 2.54. The summed E-state index contributed by atoms with van der Waals surface area (Å²) in [6.45, 7) is 0. The predicted molar refractivity (Wildman–Crippen MR) is 80.6 cm³/mol. The fourth-order valence-electron chi connectivity index (χ4n) is 1.64. The van der Waals surface area contributed by atoms with Gasteiger partial charge in [-0.25, -0.2) is 4.39 Å². The van der Waals surface area contributed by atoms with Crippen molar-refractivity contribution in [3.8, 4) is 5.75 Å². The molecule has 0 bridgehead atoms. The van der Waals surface area contributed by atoms with Gasteiger partial charge in [-0.05, 0) is 52.3 Å². The number of aromatic hydroxyl groups is 1. The maximum Gasteiger partial charge on any atom is 0.190 e. The van der Waals surface area contributed by atoms with Gasteiger partial charge in [-0.15, -0.1) is 0 Å². The highest BCUT2D eigenvalue weighted by Gasteiger charge is 2.12. The van der Waals surface area contributed by atoms with Gasteiger partial charge in [-0.3, -0.25) is 4.79 Å². The molecule has 0 amide bonds. The summed E-state index contributed by atoms with van der Waals surface area (Å²) < 4.78 is 14.0. The van der Waals surface area contributed by atoms with Crippen LogP contribution in [0.25, 0.3) is 6.08 Å². The van der Waals surface area contributed by atoms with E-state index in [9.17, 15) is 14.3 Å². The van der Waals surface area contributed by atoms with E-state index in [0.29, 0.717) is 4.47 Å². The molecule has 0 radical (unpaired) electrons. The van der Waals surface area contributed by atoms with Crippen LogP contribution in [-0.2, 0) is 0 Å². The molecule has 0 aliphatic rings. The van der Waals surface area contributed by atoms with Crippen LogP contribution < -0.4 is 0 Å². The molecular formula is C15H9BrClFO2. The van der Waals surface area contributed by atoms with Gasteiger partial charge in [0, 0.05) is 15.1 Å². The Morgan fingerprint density at radius 3 is 2.70 bits per heavy atom. The second-order valence-corrected chi connectivity index (χ2v) is 5.29. The molecule has 2 rings (SSSR count). The van der Waals surface area contributed by atoms with Crippen LogP contribution in [-0.4, -0.2) is 10.9 Å². The van der Waals surface area contributed by atoms with Crippen molar-refractivity contribution >= 4 is 39.4 Å². The van der Waals surface area contributed by atoms with Crippen molar-refractivity contribution in [1.29, 1.82) is 0 Å². The van der Waals surface area contributed by atoms with Crippen molar-refractivity contribution in [2.24, 2.45) is 0 Å². The third-order valence-electron chi connectivity index (χ3n) is 2.61. The highest BCUT2D eigenvalue weighted by molar-refractivity contribution is 9.10. The molecule has 20 heavy (non-hydrogen) atoms. The lowest BCUT2D eigenvalue weighted by molar-refractivity contribution is 0.104. The molecule has 0 aromatic heterocycles. The number of allylic oxidation sites excluding steroid dienone is 1. The van der Waals surface area contributed by atoms with Gasteiger partial charge in [0.1, 0.15) is 11.6 Å². The van der Waals surface area contributed by atoms with Crippen molar-refractivity contribution < 1.29 is 14.3 Å². The zero-order valence-corrected chi connectivity index (χ0v) is 12.5. The van der Waals surface area contributed by atoms with Crippen molar-refractivity contribution in [3.05, 3.63) is 68.9 Å². The molecule has 1 N–H and O–H groups in total. The lowest BCUT2D eigenvalue weighted by Gasteiger charge is -2.03. The number of carbonyl (C=O) groups is 1. The van der Waals surface area contributed by atoms with Gasteiger partial charge in [-0.2, -0.15) is 0 Å². The Morgan fingerprint density at radius 2 is 2.05 bits per heavy atom. The van der Waals surface area contributed by atoms with Gasteiger partial charge in [0.25, 0.3) is 0 Å². The maximum absolute atomic E-state index is 13.6. The average molecular weight is 356 g/mol. The first-order chi connectivity index (χ1) is 9.49. The highest BCUT2D eigenvalue weighted by Crippen LogP contribution is 2.26. The van der Waals surface area contributed by atoms with Crippen LogP contribution in [0.15, 0.2) is 46.9 Å². The van der Waals surface area contributed by atoms with E-state index in [1.165, 1.54) is 36.4 Å². The first-order valence-electron chi connectivity index (χ1n) is 5.64. The van der Waals surface area contributed by atoms with Crippen molar-refractivity contribution in [2.75, 3.05) is 0 Å². The largest absolute Gasteiger partial charge is 0.507 e. The van der Waals surface area contributed by atoms with Crippen LogP contribution in [0.2, 0.25) is 5.02 Å². The minimum absolute atomic E-state index is 0.134. The van der Waals surface area contributed by atoms with Crippen molar-refractivity contribution in [1.82, 2.24) is 0 Å². The summed E-state index contributed by atoms with van der Waals surface area (Å²) in [5.74, 6) is -1.08. The molecule has 0 unspecified atom stereocenters. The number of halogens is 3. The number of hydrogen-bond donors (Lipinski definition) is 1.